The Morgan fingerprint density at radius 2 is 0.920 bits per heavy atom. The van der Waals surface area contributed by atoms with Gasteiger partial charge in [-0.05, 0) is 6.42 Å². The van der Waals surface area contributed by atoms with Crippen LogP contribution in [-0.4, -0.2) is 97.4 Å². The van der Waals surface area contributed by atoms with Crippen LogP contribution in [0.5, 0.6) is 0 Å². The second kappa shape index (κ2) is 31.7. The van der Waals surface area contributed by atoms with Gasteiger partial charge in [-0.3, -0.25) is 4.79 Å². The molecule has 3 N–H and O–H groups in total. The van der Waals surface area contributed by atoms with E-state index in [9.17, 15) is 20.1 Å². The Morgan fingerprint density at radius 1 is 0.540 bits per heavy atom. The fourth-order valence-electron chi connectivity index (χ4n) is 6.94. The van der Waals surface area contributed by atoms with Crippen molar-refractivity contribution in [2.45, 2.75) is 224 Å². The Morgan fingerprint density at radius 3 is 1.30 bits per heavy atom. The summed E-state index contributed by atoms with van der Waals surface area (Å²) in [4.78, 5) is 12.3. The molecule has 5 atom stereocenters. The highest BCUT2D eigenvalue weighted by Crippen LogP contribution is 2.23. The van der Waals surface area contributed by atoms with Crippen molar-refractivity contribution < 1.29 is 38.8 Å². The van der Waals surface area contributed by atoms with Crippen molar-refractivity contribution in [3.63, 3.8) is 0 Å². The Labute approximate surface area is 309 Å². The van der Waals surface area contributed by atoms with Gasteiger partial charge in [-0.15, -0.1) is 0 Å². The molecule has 0 amide bonds. The normalized spacial score (nSPS) is 21.1. The lowest BCUT2D eigenvalue weighted by molar-refractivity contribution is -0.870. The molecule has 50 heavy (non-hydrogen) atoms. The number of ether oxygens (including phenoxy) is 3. The van der Waals surface area contributed by atoms with E-state index in [0.29, 0.717) is 13.0 Å². The summed E-state index contributed by atoms with van der Waals surface area (Å²) < 4.78 is 17.4. The maximum absolute atomic E-state index is 12.3. The van der Waals surface area contributed by atoms with E-state index in [0.717, 1.165) is 36.7 Å². The van der Waals surface area contributed by atoms with E-state index >= 15 is 0 Å². The molecular weight excluding hydrogens is 630 g/mol. The van der Waals surface area contributed by atoms with Crippen LogP contribution in [0.25, 0.3) is 0 Å². The Balaban J connectivity index is 1.86. The molecule has 1 rings (SSSR count). The summed E-state index contributed by atoms with van der Waals surface area (Å²) in [6.07, 6.45) is 31.6. The van der Waals surface area contributed by atoms with Gasteiger partial charge in [-0.2, -0.15) is 0 Å². The van der Waals surface area contributed by atoms with Gasteiger partial charge in [0.25, 0.3) is 0 Å². The monoisotopic (exact) mass is 715 g/mol. The Bertz CT molecular complexity index is 761. The van der Waals surface area contributed by atoms with Crippen molar-refractivity contribution in [1.82, 2.24) is 0 Å². The van der Waals surface area contributed by atoms with Gasteiger partial charge in [0.15, 0.2) is 6.29 Å². The number of quaternary nitrogens is 1. The van der Waals surface area contributed by atoms with Crippen LogP contribution >= 0.6 is 0 Å². The van der Waals surface area contributed by atoms with E-state index in [4.69, 9.17) is 14.2 Å². The number of carbonyl (C=O) groups excluding carboxylic acids is 1. The first-order valence-corrected chi connectivity index (χ1v) is 21.4. The molecule has 1 aliphatic heterocycles. The summed E-state index contributed by atoms with van der Waals surface area (Å²) in [6.45, 7) is 3.35. The predicted molar refractivity (Wildman–Crippen MR) is 206 cm³/mol. The number of hydrogen-bond donors (Lipinski definition) is 3. The number of aliphatic hydroxyl groups is 3. The highest BCUT2D eigenvalue weighted by atomic mass is 16.7. The molecule has 298 valence electrons. The summed E-state index contributed by atoms with van der Waals surface area (Å²) in [6, 6.07) is 0. The third kappa shape index (κ3) is 26.9. The third-order valence-electron chi connectivity index (χ3n) is 10.3. The van der Waals surface area contributed by atoms with Gasteiger partial charge in [0, 0.05) is 12.8 Å². The van der Waals surface area contributed by atoms with E-state index in [1.54, 1.807) is 0 Å². The Hall–Kier alpha value is -0.770. The summed E-state index contributed by atoms with van der Waals surface area (Å²) in [5.41, 5.74) is 0. The van der Waals surface area contributed by atoms with Crippen LogP contribution in [0.15, 0.2) is 0 Å². The number of carbonyl (C=O) groups is 1. The molecule has 0 spiro atoms. The highest BCUT2D eigenvalue weighted by molar-refractivity contribution is 5.69. The number of unbranched alkanes of at least 4 members (excludes halogenated alkanes) is 26. The standard InChI is InChI=1S/C42H84NO7/c1-5-6-7-8-9-10-11-12-13-14-15-16-17-18-19-20-21-22-23-24-25-26-27-28-29-30-31-33-38(44)49-36-37-39(45)40(46)41(47)42(50-37)48-35-32-34-43(2,3)4/h37,39-42,45-47H,5-36H2,1-4H3/q+1/t37-,39+,40-,41-,42?/m0/s1. The minimum absolute atomic E-state index is 0.179. The van der Waals surface area contributed by atoms with Crippen LogP contribution < -0.4 is 0 Å². The molecule has 0 radical (unpaired) electrons. The fraction of sp³-hybridized carbons (Fsp3) is 0.976. The molecule has 1 fully saturated rings. The first kappa shape index (κ1) is 47.3. The van der Waals surface area contributed by atoms with Crippen molar-refractivity contribution in [1.29, 1.82) is 0 Å². The predicted octanol–water partition coefficient (Wildman–Crippen LogP) is 9.39. The van der Waals surface area contributed by atoms with E-state index in [2.05, 4.69) is 28.1 Å². The number of hydrogen-bond acceptors (Lipinski definition) is 7. The molecule has 1 unspecified atom stereocenters. The average molecular weight is 715 g/mol. The van der Waals surface area contributed by atoms with Gasteiger partial charge >= 0.3 is 5.97 Å². The second-order valence-corrected chi connectivity index (χ2v) is 16.4. The second-order valence-electron chi connectivity index (χ2n) is 16.4. The first-order valence-electron chi connectivity index (χ1n) is 21.4. The van der Waals surface area contributed by atoms with Gasteiger partial charge < -0.3 is 34.0 Å². The molecule has 0 bridgehead atoms. The minimum atomic E-state index is -1.43. The molecule has 8 heteroatoms. The van der Waals surface area contributed by atoms with Crippen molar-refractivity contribution in [2.75, 3.05) is 40.9 Å². The largest absolute Gasteiger partial charge is 0.463 e. The SMILES string of the molecule is CCCCCCCCCCCCCCCCCCCCCCCCCCCCCC(=O)OC[C@@H]1OC(OCCC[N+](C)(C)C)[C@@H](O)[C@@H](O)[C@@H]1O. The van der Waals surface area contributed by atoms with Crippen LogP contribution in [0, 0.1) is 0 Å². The van der Waals surface area contributed by atoms with Crippen molar-refractivity contribution >= 4 is 5.97 Å². The molecule has 1 aliphatic rings. The molecule has 1 saturated heterocycles. The van der Waals surface area contributed by atoms with Crippen molar-refractivity contribution in [3.8, 4) is 0 Å². The van der Waals surface area contributed by atoms with Gasteiger partial charge in [0.05, 0.1) is 34.3 Å². The molecular formula is C42H84NO7+. The van der Waals surface area contributed by atoms with Gasteiger partial charge in [0.2, 0.25) is 0 Å². The lowest BCUT2D eigenvalue weighted by atomic mass is 9.99. The van der Waals surface area contributed by atoms with Gasteiger partial charge in [0.1, 0.15) is 31.0 Å². The number of aliphatic hydroxyl groups excluding tert-OH is 3. The van der Waals surface area contributed by atoms with Crippen molar-refractivity contribution in [2.24, 2.45) is 0 Å². The lowest BCUT2D eigenvalue weighted by Gasteiger charge is -2.40. The Kier molecular flexibility index (Phi) is 30.0. The van der Waals surface area contributed by atoms with Gasteiger partial charge in [-0.25, -0.2) is 0 Å². The fourth-order valence-corrected chi connectivity index (χ4v) is 6.94. The average Bonchev–Trinajstić information content (AvgIpc) is 3.08. The van der Waals surface area contributed by atoms with Crippen molar-refractivity contribution in [3.05, 3.63) is 0 Å². The number of rotatable bonds is 35. The van der Waals surface area contributed by atoms with Crippen LogP contribution in [-0.2, 0) is 19.0 Å². The smallest absolute Gasteiger partial charge is 0.305 e. The van der Waals surface area contributed by atoms with Crippen LogP contribution in [0.3, 0.4) is 0 Å². The molecule has 0 aromatic rings. The maximum Gasteiger partial charge on any atom is 0.305 e. The number of nitrogens with zero attached hydrogens (tertiary/aromatic N) is 1. The van der Waals surface area contributed by atoms with Crippen LogP contribution in [0.1, 0.15) is 193 Å². The third-order valence-corrected chi connectivity index (χ3v) is 10.3. The summed E-state index contributed by atoms with van der Waals surface area (Å²) in [5, 5.41) is 30.8. The van der Waals surface area contributed by atoms with E-state index in [1.807, 2.05) is 0 Å². The lowest BCUT2D eigenvalue weighted by Crippen LogP contribution is -2.59. The zero-order chi connectivity index (χ0) is 36.7. The summed E-state index contributed by atoms with van der Waals surface area (Å²) in [5.74, 6) is -0.332. The van der Waals surface area contributed by atoms with Crippen LogP contribution in [0.4, 0.5) is 0 Å². The summed E-state index contributed by atoms with van der Waals surface area (Å²) in [7, 11) is 6.25. The first-order chi connectivity index (χ1) is 24.2. The highest BCUT2D eigenvalue weighted by Gasteiger charge is 2.44. The molecule has 0 aliphatic carbocycles. The van der Waals surface area contributed by atoms with E-state index in [-0.39, 0.29) is 12.6 Å². The molecule has 0 aromatic heterocycles. The quantitative estimate of drug-likeness (QED) is 0.0341. The zero-order valence-electron chi connectivity index (χ0n) is 33.4. The molecule has 1 heterocycles. The van der Waals surface area contributed by atoms with E-state index in [1.165, 1.54) is 154 Å². The maximum atomic E-state index is 12.3. The summed E-state index contributed by atoms with van der Waals surface area (Å²) >= 11 is 0. The number of esters is 1. The molecule has 0 aromatic carbocycles. The molecule has 0 saturated carbocycles. The van der Waals surface area contributed by atoms with Crippen LogP contribution in [0.2, 0.25) is 0 Å². The van der Waals surface area contributed by atoms with E-state index < -0.39 is 30.7 Å². The zero-order valence-corrected chi connectivity index (χ0v) is 33.4. The molecule has 8 nitrogen and oxygen atoms in total. The van der Waals surface area contributed by atoms with Gasteiger partial charge in [-0.1, -0.05) is 174 Å². The topological polar surface area (TPSA) is 105 Å². The minimum Gasteiger partial charge on any atom is -0.463 e.